The highest BCUT2D eigenvalue weighted by Crippen LogP contribution is 2.05. The lowest BCUT2D eigenvalue weighted by molar-refractivity contribution is 0.723. The van der Waals surface area contributed by atoms with Crippen molar-refractivity contribution in [3.8, 4) is 0 Å². The van der Waals surface area contributed by atoms with Gasteiger partial charge in [-0.2, -0.15) is 0 Å². The Labute approximate surface area is 68.8 Å². The molecule has 0 saturated heterocycles. The van der Waals surface area contributed by atoms with Crippen LogP contribution in [-0.2, 0) is 0 Å². The van der Waals surface area contributed by atoms with Crippen molar-refractivity contribution in [2.75, 3.05) is 0 Å². The lowest BCUT2D eigenvalue weighted by Crippen LogP contribution is -2.17. The van der Waals surface area contributed by atoms with E-state index in [2.05, 4.69) is 9.98 Å². The van der Waals surface area contributed by atoms with Gasteiger partial charge >= 0.3 is 0 Å². The molecule has 0 aromatic carbocycles. The van der Waals surface area contributed by atoms with Crippen LogP contribution in [0.5, 0.6) is 0 Å². The van der Waals surface area contributed by atoms with E-state index < -0.39 is 0 Å². The van der Waals surface area contributed by atoms with Crippen LogP contribution in [-0.4, -0.2) is 18.0 Å². The summed E-state index contributed by atoms with van der Waals surface area (Å²) in [6.45, 7) is 8.03. The van der Waals surface area contributed by atoms with Gasteiger partial charge in [0.1, 0.15) is 0 Å². The Kier molecular flexibility index (Phi) is 4.42. The molecule has 0 unspecified atom stereocenters. The Morgan fingerprint density at radius 1 is 1.18 bits per heavy atom. The molecule has 0 bridgehead atoms. The van der Waals surface area contributed by atoms with Crippen molar-refractivity contribution in [3.05, 3.63) is 12.3 Å². The van der Waals surface area contributed by atoms with E-state index in [0.29, 0.717) is 0 Å². The Morgan fingerprint density at radius 3 is 2.45 bits per heavy atom. The Balaban J connectivity index is 0.000000461. The monoisotopic (exact) mass is 152 g/mol. The van der Waals surface area contributed by atoms with E-state index in [1.54, 1.807) is 12.4 Å². The van der Waals surface area contributed by atoms with Gasteiger partial charge in [0, 0.05) is 18.6 Å². The van der Waals surface area contributed by atoms with E-state index in [9.17, 15) is 0 Å². The summed E-state index contributed by atoms with van der Waals surface area (Å²) >= 11 is 0. The first-order valence-corrected chi connectivity index (χ1v) is 3.95. The van der Waals surface area contributed by atoms with Gasteiger partial charge in [0.2, 0.25) is 0 Å². The zero-order valence-corrected chi connectivity index (χ0v) is 7.70. The molecular weight excluding hydrogens is 136 g/mol. The number of rotatable bonds is 0. The van der Waals surface area contributed by atoms with Crippen LogP contribution in [0.3, 0.4) is 0 Å². The average molecular weight is 152 g/mol. The van der Waals surface area contributed by atoms with Crippen molar-refractivity contribution in [1.29, 1.82) is 0 Å². The minimum absolute atomic E-state index is 0.122. The van der Waals surface area contributed by atoms with Crippen molar-refractivity contribution < 1.29 is 0 Å². The summed E-state index contributed by atoms with van der Waals surface area (Å²) in [7, 11) is 0. The molecule has 2 heteroatoms. The molecule has 0 aromatic heterocycles. The van der Waals surface area contributed by atoms with Crippen LogP contribution >= 0.6 is 0 Å². The van der Waals surface area contributed by atoms with E-state index in [-0.39, 0.29) is 5.54 Å². The van der Waals surface area contributed by atoms with Gasteiger partial charge in [0.15, 0.2) is 0 Å². The van der Waals surface area contributed by atoms with Crippen LogP contribution in [0.2, 0.25) is 0 Å². The summed E-state index contributed by atoms with van der Waals surface area (Å²) in [5.74, 6) is 0. The molecule has 0 amide bonds. The minimum atomic E-state index is -0.122. The second-order valence-corrected chi connectivity index (χ2v) is 2.55. The van der Waals surface area contributed by atoms with Crippen molar-refractivity contribution in [2.45, 2.75) is 33.2 Å². The fraction of sp³-hybridized carbons (Fsp3) is 0.556. The van der Waals surface area contributed by atoms with Gasteiger partial charge < -0.3 is 0 Å². The third kappa shape index (κ3) is 4.48. The minimum Gasteiger partial charge on any atom is -0.281 e. The standard InChI is InChI=1S/C7H10N2.C2H6/c1-7(2)6-8-4-3-5-9-7;1-2/h3-6H,1-2H3;1-2H3. The first-order valence-electron chi connectivity index (χ1n) is 3.95. The predicted molar refractivity (Wildman–Crippen MR) is 51.6 cm³/mol. The molecule has 11 heavy (non-hydrogen) atoms. The van der Waals surface area contributed by atoms with Gasteiger partial charge in [-0.1, -0.05) is 13.8 Å². The molecule has 1 aliphatic rings. The second kappa shape index (κ2) is 4.83. The molecule has 0 spiro atoms. The molecule has 62 valence electrons. The molecule has 2 nitrogen and oxygen atoms in total. The largest absolute Gasteiger partial charge is 0.281 e. The zero-order chi connectivity index (χ0) is 8.74. The first kappa shape index (κ1) is 10.1. The maximum Gasteiger partial charge on any atom is 0.0901 e. The first-order chi connectivity index (χ1) is 5.21. The zero-order valence-electron chi connectivity index (χ0n) is 7.70. The molecular formula is C9H16N2. The number of hydrogen-bond donors (Lipinski definition) is 0. The molecule has 1 aliphatic heterocycles. The molecule has 0 aliphatic carbocycles. The highest BCUT2D eigenvalue weighted by atomic mass is 14.9. The number of aliphatic imine (C=N–C) groups is 2. The van der Waals surface area contributed by atoms with Gasteiger partial charge in [-0.15, -0.1) is 0 Å². The molecule has 1 rings (SSSR count). The lowest BCUT2D eigenvalue weighted by atomic mass is 10.1. The van der Waals surface area contributed by atoms with E-state index in [1.165, 1.54) is 0 Å². The van der Waals surface area contributed by atoms with E-state index in [0.717, 1.165) is 0 Å². The van der Waals surface area contributed by atoms with Crippen LogP contribution in [0.4, 0.5) is 0 Å². The van der Waals surface area contributed by atoms with E-state index in [4.69, 9.17) is 0 Å². The second-order valence-electron chi connectivity index (χ2n) is 2.55. The highest BCUT2D eigenvalue weighted by Gasteiger charge is 2.10. The summed E-state index contributed by atoms with van der Waals surface area (Å²) < 4.78 is 0. The maximum atomic E-state index is 4.19. The molecule has 1 heterocycles. The number of hydrogen-bond acceptors (Lipinski definition) is 2. The van der Waals surface area contributed by atoms with Crippen LogP contribution < -0.4 is 0 Å². The molecule has 0 aromatic rings. The molecule has 0 N–H and O–H groups in total. The van der Waals surface area contributed by atoms with Crippen LogP contribution in [0.1, 0.15) is 27.7 Å². The van der Waals surface area contributed by atoms with Gasteiger partial charge in [-0.25, -0.2) is 0 Å². The molecule has 0 radical (unpaired) electrons. The quantitative estimate of drug-likeness (QED) is 0.509. The third-order valence-electron chi connectivity index (χ3n) is 1.06. The van der Waals surface area contributed by atoms with Crippen molar-refractivity contribution >= 4 is 12.4 Å². The SMILES string of the molecule is CC.CC1(C)C=NC=CC=N1. The summed E-state index contributed by atoms with van der Waals surface area (Å²) in [4.78, 5) is 8.19. The van der Waals surface area contributed by atoms with Crippen LogP contribution in [0, 0.1) is 0 Å². The van der Waals surface area contributed by atoms with Gasteiger partial charge in [0.25, 0.3) is 0 Å². The predicted octanol–water partition coefficient (Wildman–Crippen LogP) is 2.46. The normalized spacial score (nSPS) is 18.5. The van der Waals surface area contributed by atoms with E-state index in [1.807, 2.05) is 40.0 Å². The number of nitrogens with zero attached hydrogens (tertiary/aromatic N) is 2. The summed E-state index contributed by atoms with van der Waals surface area (Å²) in [6.07, 6.45) is 7.16. The third-order valence-corrected chi connectivity index (χ3v) is 1.06. The Hall–Kier alpha value is -0.920. The van der Waals surface area contributed by atoms with Crippen LogP contribution in [0.25, 0.3) is 0 Å². The summed E-state index contributed by atoms with van der Waals surface area (Å²) in [6, 6.07) is 0. The smallest absolute Gasteiger partial charge is 0.0901 e. The Morgan fingerprint density at radius 2 is 1.82 bits per heavy atom. The Bertz CT molecular complexity index is 158. The summed E-state index contributed by atoms with van der Waals surface area (Å²) in [5.41, 5.74) is -0.122. The fourth-order valence-corrected chi connectivity index (χ4v) is 0.582. The number of allylic oxidation sites excluding steroid dienone is 1. The average Bonchev–Trinajstić information content (AvgIpc) is 2.17. The molecule has 0 fully saturated rings. The maximum absolute atomic E-state index is 4.19. The van der Waals surface area contributed by atoms with Gasteiger partial charge in [-0.05, 0) is 19.9 Å². The van der Waals surface area contributed by atoms with Crippen molar-refractivity contribution in [1.82, 2.24) is 0 Å². The fourth-order valence-electron chi connectivity index (χ4n) is 0.582. The topological polar surface area (TPSA) is 24.7 Å². The summed E-state index contributed by atoms with van der Waals surface area (Å²) in [5, 5.41) is 0. The lowest BCUT2D eigenvalue weighted by Gasteiger charge is -2.09. The highest BCUT2D eigenvalue weighted by molar-refractivity contribution is 5.80. The molecule has 0 atom stereocenters. The van der Waals surface area contributed by atoms with Crippen molar-refractivity contribution in [2.24, 2.45) is 9.98 Å². The molecule has 0 saturated carbocycles. The van der Waals surface area contributed by atoms with Gasteiger partial charge in [-0.3, -0.25) is 9.98 Å². The van der Waals surface area contributed by atoms with Gasteiger partial charge in [0.05, 0.1) is 5.54 Å². The van der Waals surface area contributed by atoms with Crippen LogP contribution in [0.15, 0.2) is 22.3 Å². The van der Waals surface area contributed by atoms with Crippen molar-refractivity contribution in [3.63, 3.8) is 0 Å². The van der Waals surface area contributed by atoms with E-state index >= 15 is 0 Å².